The highest BCUT2D eigenvalue weighted by Gasteiger charge is 2.40. The van der Waals surface area contributed by atoms with Crippen LogP contribution in [-0.2, 0) is 12.1 Å². The second-order valence-corrected chi connectivity index (χ2v) is 8.33. The van der Waals surface area contributed by atoms with Crippen LogP contribution >= 0.6 is 11.8 Å². The van der Waals surface area contributed by atoms with E-state index in [2.05, 4.69) is 10.1 Å². The zero-order valence-corrected chi connectivity index (χ0v) is 15.1. The van der Waals surface area contributed by atoms with Crippen molar-refractivity contribution >= 4 is 11.8 Å². The molecule has 1 aliphatic carbocycles. The van der Waals surface area contributed by atoms with Crippen LogP contribution in [-0.4, -0.2) is 30.4 Å². The van der Waals surface area contributed by atoms with Crippen molar-refractivity contribution in [3.8, 4) is 0 Å². The second-order valence-electron chi connectivity index (χ2n) is 6.68. The highest BCUT2D eigenvalue weighted by molar-refractivity contribution is 8.00. The second kappa shape index (κ2) is 7.83. The lowest BCUT2D eigenvalue weighted by Crippen LogP contribution is -2.42. The molecule has 1 heterocycles. The van der Waals surface area contributed by atoms with Gasteiger partial charge >= 0.3 is 0 Å². The largest absolute Gasteiger partial charge is 0.382 e. The average Bonchev–Trinajstić information content (AvgIpc) is 3.08. The third-order valence-corrected chi connectivity index (χ3v) is 6.54. The molecule has 0 bridgehead atoms. The summed E-state index contributed by atoms with van der Waals surface area (Å²) in [7, 11) is 0. The Kier molecular flexibility index (Phi) is 5.74. The number of benzene rings is 1. The number of aromatic nitrogens is 3. The minimum atomic E-state index is -1.51. The monoisotopic (exact) mass is 367 g/mol. The van der Waals surface area contributed by atoms with Crippen LogP contribution in [0.1, 0.15) is 44.6 Å². The fraction of sp³-hybridized carbons (Fsp3) is 0.556. The molecule has 3 rings (SSSR count). The summed E-state index contributed by atoms with van der Waals surface area (Å²) in [5.74, 6) is -1.39. The fourth-order valence-corrected chi connectivity index (χ4v) is 5.05. The first-order chi connectivity index (χ1) is 12.0. The maximum absolute atomic E-state index is 14.5. The molecule has 1 N–H and O–H groups in total. The molecule has 0 unspecified atom stereocenters. The van der Waals surface area contributed by atoms with E-state index in [4.69, 9.17) is 0 Å². The van der Waals surface area contributed by atoms with Crippen molar-refractivity contribution in [3.63, 3.8) is 0 Å². The number of hydrogen-bond acceptors (Lipinski definition) is 4. The summed E-state index contributed by atoms with van der Waals surface area (Å²) in [4.78, 5) is 3.89. The van der Waals surface area contributed by atoms with Gasteiger partial charge in [-0.25, -0.2) is 18.4 Å². The molecule has 0 radical (unpaired) electrons. The van der Waals surface area contributed by atoms with Gasteiger partial charge in [0, 0.05) is 22.1 Å². The standard InChI is InChI=1S/C18H23F2N3OS/c1-13(25-15-5-3-2-4-6-15)18(24,10-23-12-21-11-22-23)16-8-7-14(19)9-17(16)20/h7-9,11-13,15,24H,2-6,10H2,1H3/t13-,18-/m1/s1. The van der Waals surface area contributed by atoms with Crippen molar-refractivity contribution in [1.29, 1.82) is 0 Å². The van der Waals surface area contributed by atoms with Crippen LogP contribution in [0.5, 0.6) is 0 Å². The van der Waals surface area contributed by atoms with E-state index < -0.39 is 17.2 Å². The van der Waals surface area contributed by atoms with Crippen LogP contribution in [0.4, 0.5) is 8.78 Å². The lowest BCUT2D eigenvalue weighted by atomic mass is 9.90. The Morgan fingerprint density at radius 1 is 1.32 bits per heavy atom. The predicted octanol–water partition coefficient (Wildman–Crippen LogP) is 3.90. The highest BCUT2D eigenvalue weighted by Crippen LogP contribution is 2.41. The molecule has 1 aromatic heterocycles. The summed E-state index contributed by atoms with van der Waals surface area (Å²) >= 11 is 1.69. The Labute approximate surface area is 150 Å². The molecule has 7 heteroatoms. The van der Waals surface area contributed by atoms with Crippen molar-refractivity contribution in [3.05, 3.63) is 48.1 Å². The van der Waals surface area contributed by atoms with Gasteiger partial charge in [0.1, 0.15) is 29.9 Å². The maximum atomic E-state index is 14.5. The van der Waals surface area contributed by atoms with Gasteiger partial charge in [-0.2, -0.15) is 16.9 Å². The average molecular weight is 367 g/mol. The minimum Gasteiger partial charge on any atom is -0.382 e. The molecular weight excluding hydrogens is 344 g/mol. The summed E-state index contributed by atoms with van der Waals surface area (Å²) in [5, 5.41) is 15.7. The van der Waals surface area contributed by atoms with Crippen molar-refractivity contribution in [1.82, 2.24) is 14.8 Å². The van der Waals surface area contributed by atoms with E-state index in [0.717, 1.165) is 18.9 Å². The molecule has 1 fully saturated rings. The minimum absolute atomic E-state index is 0.0659. The van der Waals surface area contributed by atoms with Gasteiger partial charge in [0.05, 0.1) is 6.54 Å². The normalized spacial score (nSPS) is 19.5. The maximum Gasteiger partial charge on any atom is 0.137 e. The fourth-order valence-electron chi connectivity index (χ4n) is 3.44. The van der Waals surface area contributed by atoms with Gasteiger partial charge in [-0.05, 0) is 18.9 Å². The molecule has 0 spiro atoms. The zero-order chi connectivity index (χ0) is 17.9. The van der Waals surface area contributed by atoms with Gasteiger partial charge in [0.25, 0.3) is 0 Å². The molecule has 0 amide bonds. The van der Waals surface area contributed by atoms with E-state index in [0.29, 0.717) is 5.25 Å². The first-order valence-corrected chi connectivity index (χ1v) is 9.59. The van der Waals surface area contributed by atoms with Crippen LogP contribution in [0.25, 0.3) is 0 Å². The molecule has 2 atom stereocenters. The molecule has 1 saturated carbocycles. The molecule has 0 saturated heterocycles. The molecule has 136 valence electrons. The smallest absolute Gasteiger partial charge is 0.137 e. The van der Waals surface area contributed by atoms with E-state index in [1.54, 1.807) is 11.8 Å². The van der Waals surface area contributed by atoms with Crippen LogP contribution < -0.4 is 0 Å². The third-order valence-electron chi connectivity index (χ3n) is 4.89. The number of halogens is 2. The number of hydrogen-bond donors (Lipinski definition) is 1. The predicted molar refractivity (Wildman–Crippen MR) is 94.2 cm³/mol. The summed E-state index contributed by atoms with van der Waals surface area (Å²) in [5.41, 5.74) is -1.41. The Bertz CT molecular complexity index is 692. The summed E-state index contributed by atoms with van der Waals surface area (Å²) < 4.78 is 29.3. The zero-order valence-electron chi connectivity index (χ0n) is 14.2. The topological polar surface area (TPSA) is 50.9 Å². The quantitative estimate of drug-likeness (QED) is 0.841. The third kappa shape index (κ3) is 4.20. The molecular formula is C18H23F2N3OS. The van der Waals surface area contributed by atoms with Crippen molar-refractivity contribution < 1.29 is 13.9 Å². The van der Waals surface area contributed by atoms with E-state index in [9.17, 15) is 13.9 Å². The van der Waals surface area contributed by atoms with Crippen molar-refractivity contribution in [2.24, 2.45) is 0 Å². The first-order valence-electron chi connectivity index (χ1n) is 8.65. The molecule has 1 aliphatic rings. The number of aliphatic hydroxyl groups is 1. The Hall–Kier alpha value is -1.47. The molecule has 1 aromatic carbocycles. The molecule has 2 aromatic rings. The summed E-state index contributed by atoms with van der Waals surface area (Å²) in [6.07, 6.45) is 8.72. The Balaban J connectivity index is 1.89. The van der Waals surface area contributed by atoms with Crippen molar-refractivity contribution in [2.45, 2.75) is 61.7 Å². The Morgan fingerprint density at radius 3 is 2.72 bits per heavy atom. The number of nitrogens with zero attached hydrogens (tertiary/aromatic N) is 3. The van der Waals surface area contributed by atoms with Crippen molar-refractivity contribution in [2.75, 3.05) is 0 Å². The van der Waals surface area contributed by atoms with Gasteiger partial charge in [-0.1, -0.05) is 32.3 Å². The van der Waals surface area contributed by atoms with Gasteiger partial charge in [0.2, 0.25) is 0 Å². The molecule has 0 aliphatic heterocycles. The van der Waals surface area contributed by atoms with Crippen LogP contribution in [0.2, 0.25) is 0 Å². The first kappa shape index (κ1) is 18.3. The van der Waals surface area contributed by atoms with E-state index in [1.165, 1.54) is 48.7 Å². The van der Waals surface area contributed by atoms with Crippen LogP contribution in [0.15, 0.2) is 30.9 Å². The van der Waals surface area contributed by atoms with Gasteiger partial charge < -0.3 is 5.11 Å². The highest BCUT2D eigenvalue weighted by atomic mass is 32.2. The summed E-state index contributed by atoms with van der Waals surface area (Å²) in [6.45, 7) is 1.97. The lowest BCUT2D eigenvalue weighted by Gasteiger charge is -2.37. The van der Waals surface area contributed by atoms with Gasteiger partial charge in [-0.15, -0.1) is 0 Å². The van der Waals surface area contributed by atoms with E-state index in [1.807, 2.05) is 6.92 Å². The van der Waals surface area contributed by atoms with E-state index >= 15 is 0 Å². The summed E-state index contributed by atoms with van der Waals surface area (Å²) in [6, 6.07) is 3.34. The van der Waals surface area contributed by atoms with E-state index in [-0.39, 0.29) is 17.4 Å². The number of thioether (sulfide) groups is 1. The van der Waals surface area contributed by atoms with Crippen LogP contribution in [0.3, 0.4) is 0 Å². The molecule has 25 heavy (non-hydrogen) atoms. The lowest BCUT2D eigenvalue weighted by molar-refractivity contribution is 0.0131. The SMILES string of the molecule is C[C@@H](SC1CCCCC1)[C@](O)(Cn1cncn1)c1ccc(F)cc1F. The van der Waals surface area contributed by atoms with Gasteiger partial charge in [-0.3, -0.25) is 0 Å². The Morgan fingerprint density at radius 2 is 2.08 bits per heavy atom. The van der Waals surface area contributed by atoms with Crippen LogP contribution in [0, 0.1) is 11.6 Å². The van der Waals surface area contributed by atoms with Gasteiger partial charge in [0.15, 0.2) is 0 Å². The molecule has 4 nitrogen and oxygen atoms in total. The number of rotatable bonds is 6.